The Morgan fingerprint density at radius 3 is 1.52 bits per heavy atom. The Bertz CT molecular complexity index is 3660. The highest BCUT2D eigenvalue weighted by Crippen LogP contribution is 2.46. The first-order valence-electron chi connectivity index (χ1n) is 22.7. The zero-order chi connectivity index (χ0) is 43.8. The summed E-state index contributed by atoms with van der Waals surface area (Å²) < 4.78 is 2.43. The topological polar surface area (TPSA) is 8.17 Å². The van der Waals surface area contributed by atoms with Crippen molar-refractivity contribution in [3.8, 4) is 61.3 Å². The summed E-state index contributed by atoms with van der Waals surface area (Å²) in [5.74, 6) is 0. The molecule has 0 atom stereocenters. The quantitative estimate of drug-likeness (QED) is 0.141. The molecule has 0 aliphatic heterocycles. The van der Waals surface area contributed by atoms with Crippen LogP contribution in [0.4, 0.5) is 17.1 Å². The maximum Gasteiger partial charge on any atom is 0.0619 e. The van der Waals surface area contributed by atoms with Gasteiger partial charge in [-0.25, -0.2) is 0 Å². The molecular weight excluding hydrogens is 797 g/mol. The number of anilines is 3. The lowest BCUT2D eigenvalue weighted by Gasteiger charge is -2.29. The molecule has 0 saturated carbocycles. The Morgan fingerprint density at radius 1 is 0.288 bits per heavy atom. The summed E-state index contributed by atoms with van der Waals surface area (Å²) in [5, 5.41) is 4.92. The Hall–Kier alpha value is -8.72. The van der Waals surface area contributed by atoms with Gasteiger partial charge in [0.1, 0.15) is 0 Å². The molecule has 0 spiro atoms. The molecule has 12 rings (SSSR count). The van der Waals surface area contributed by atoms with Gasteiger partial charge >= 0.3 is 0 Å². The molecular formula is C64H44N2. The number of rotatable bonds is 9. The maximum atomic E-state index is 2.44. The van der Waals surface area contributed by atoms with Crippen LogP contribution in [-0.2, 0) is 0 Å². The first-order chi connectivity index (χ1) is 32.8. The summed E-state index contributed by atoms with van der Waals surface area (Å²) in [6, 6.07) is 96.9. The van der Waals surface area contributed by atoms with Crippen molar-refractivity contribution in [2.75, 3.05) is 4.90 Å². The molecule has 1 aromatic heterocycles. The van der Waals surface area contributed by atoms with Gasteiger partial charge in [0.25, 0.3) is 0 Å². The van der Waals surface area contributed by atoms with Gasteiger partial charge in [-0.15, -0.1) is 0 Å². The minimum atomic E-state index is 1.07. The highest BCUT2D eigenvalue weighted by molar-refractivity contribution is 6.14. The summed E-state index contributed by atoms with van der Waals surface area (Å²) in [5.41, 5.74) is 18.6. The van der Waals surface area contributed by atoms with E-state index in [2.05, 4.69) is 276 Å². The molecule has 0 aliphatic rings. The molecule has 310 valence electrons. The van der Waals surface area contributed by atoms with Gasteiger partial charge in [0.2, 0.25) is 0 Å². The van der Waals surface area contributed by atoms with Crippen LogP contribution in [0.3, 0.4) is 0 Å². The summed E-state index contributed by atoms with van der Waals surface area (Å²) in [7, 11) is 0. The van der Waals surface area contributed by atoms with Crippen LogP contribution in [0.2, 0.25) is 0 Å². The minimum Gasteiger partial charge on any atom is -0.310 e. The second kappa shape index (κ2) is 16.8. The molecule has 0 unspecified atom stereocenters. The van der Waals surface area contributed by atoms with E-state index in [9.17, 15) is 0 Å². The van der Waals surface area contributed by atoms with Crippen molar-refractivity contribution in [3.05, 3.63) is 267 Å². The van der Waals surface area contributed by atoms with Crippen molar-refractivity contribution in [2.45, 2.75) is 0 Å². The fraction of sp³-hybridized carbons (Fsp3) is 0. The van der Waals surface area contributed by atoms with Crippen molar-refractivity contribution < 1.29 is 0 Å². The SMILES string of the molecule is c1ccc(-c2ccc(-c3ccc(N(c4cccc(-c5cccc6c7ccccc7n(-c7ccccc7)c56)c4)c4ccccc4-c4cccc5cccc(-c6ccccc6)c45)cc3)cc2)cc1. The standard InChI is InChI=1S/C64H44N2/c1-4-18-45(19-5-1)46-36-38-47(39-37-46)48-40-42-53(43-41-48)65(61-34-12-10-28-57(61)59-32-16-23-50-22-15-30-55(63(50)59)49-20-6-2-7-21-49)54-27-14-24-51(44-54)56-31-17-33-60-58-29-11-13-35-62(58)66(64(56)60)52-25-8-3-9-26-52/h1-44H. The maximum absolute atomic E-state index is 2.44. The van der Waals surface area contributed by atoms with Crippen molar-refractivity contribution >= 4 is 49.6 Å². The number of aromatic nitrogens is 1. The van der Waals surface area contributed by atoms with Crippen LogP contribution >= 0.6 is 0 Å². The van der Waals surface area contributed by atoms with Gasteiger partial charge in [-0.2, -0.15) is 0 Å². The predicted octanol–water partition coefficient (Wildman–Crippen LogP) is 17.7. The summed E-state index contributed by atoms with van der Waals surface area (Å²) in [4.78, 5) is 2.44. The molecule has 1 heterocycles. The molecule has 0 amide bonds. The van der Waals surface area contributed by atoms with E-state index in [0.717, 1.165) is 33.9 Å². The fourth-order valence-electron chi connectivity index (χ4n) is 9.95. The van der Waals surface area contributed by atoms with Crippen LogP contribution in [0.5, 0.6) is 0 Å². The van der Waals surface area contributed by atoms with Crippen LogP contribution in [-0.4, -0.2) is 4.57 Å². The van der Waals surface area contributed by atoms with Crippen LogP contribution in [0.15, 0.2) is 267 Å². The van der Waals surface area contributed by atoms with E-state index in [0.29, 0.717) is 0 Å². The molecule has 0 N–H and O–H groups in total. The van der Waals surface area contributed by atoms with Gasteiger partial charge in [-0.3, -0.25) is 0 Å². The molecule has 2 heteroatoms. The molecule has 0 saturated heterocycles. The van der Waals surface area contributed by atoms with Gasteiger partial charge < -0.3 is 9.47 Å². The van der Waals surface area contributed by atoms with Crippen LogP contribution in [0.1, 0.15) is 0 Å². The fourth-order valence-corrected chi connectivity index (χ4v) is 9.95. The third kappa shape index (κ3) is 6.93. The Morgan fingerprint density at radius 2 is 0.788 bits per heavy atom. The zero-order valence-corrected chi connectivity index (χ0v) is 36.3. The van der Waals surface area contributed by atoms with Crippen LogP contribution in [0.25, 0.3) is 93.9 Å². The van der Waals surface area contributed by atoms with Gasteiger partial charge in [0.05, 0.1) is 16.7 Å². The molecule has 0 bridgehead atoms. The molecule has 0 radical (unpaired) electrons. The first kappa shape index (κ1) is 38.9. The van der Waals surface area contributed by atoms with Gasteiger partial charge in [0, 0.05) is 39.0 Å². The van der Waals surface area contributed by atoms with Crippen molar-refractivity contribution in [1.82, 2.24) is 4.57 Å². The number of fused-ring (bicyclic) bond motifs is 4. The summed E-state index contributed by atoms with van der Waals surface area (Å²) >= 11 is 0. The van der Waals surface area contributed by atoms with Gasteiger partial charge in [0.15, 0.2) is 0 Å². The molecule has 2 nitrogen and oxygen atoms in total. The third-order valence-electron chi connectivity index (χ3n) is 13.0. The Labute approximate surface area is 385 Å². The van der Waals surface area contributed by atoms with Crippen molar-refractivity contribution in [2.24, 2.45) is 0 Å². The summed E-state index contributed by atoms with van der Waals surface area (Å²) in [6.45, 7) is 0. The molecule has 0 fully saturated rings. The van der Waals surface area contributed by atoms with Gasteiger partial charge in [-0.1, -0.05) is 218 Å². The van der Waals surface area contributed by atoms with E-state index < -0.39 is 0 Å². The lowest BCUT2D eigenvalue weighted by molar-refractivity contribution is 1.18. The van der Waals surface area contributed by atoms with E-state index in [4.69, 9.17) is 0 Å². The van der Waals surface area contributed by atoms with E-state index in [1.54, 1.807) is 0 Å². The van der Waals surface area contributed by atoms with Crippen LogP contribution < -0.4 is 4.90 Å². The van der Waals surface area contributed by atoms with Crippen molar-refractivity contribution in [3.63, 3.8) is 0 Å². The van der Waals surface area contributed by atoms with Crippen LogP contribution in [0, 0.1) is 0 Å². The van der Waals surface area contributed by atoms with E-state index in [-0.39, 0.29) is 0 Å². The van der Waals surface area contributed by atoms with E-state index >= 15 is 0 Å². The number of hydrogen-bond donors (Lipinski definition) is 0. The smallest absolute Gasteiger partial charge is 0.0619 e. The van der Waals surface area contributed by atoms with Gasteiger partial charge in [-0.05, 0) is 104 Å². The third-order valence-corrected chi connectivity index (χ3v) is 13.0. The highest BCUT2D eigenvalue weighted by atomic mass is 15.1. The number of para-hydroxylation sites is 4. The van der Waals surface area contributed by atoms with E-state index in [1.807, 2.05) is 0 Å². The second-order valence-electron chi connectivity index (χ2n) is 16.9. The number of nitrogens with zero attached hydrogens (tertiary/aromatic N) is 2. The normalized spacial score (nSPS) is 11.3. The molecule has 12 aromatic rings. The Kier molecular flexibility index (Phi) is 9.89. The zero-order valence-electron chi connectivity index (χ0n) is 36.3. The molecule has 11 aromatic carbocycles. The molecule has 0 aliphatic carbocycles. The summed E-state index contributed by atoms with van der Waals surface area (Å²) in [6.07, 6.45) is 0. The largest absolute Gasteiger partial charge is 0.310 e. The molecule has 66 heavy (non-hydrogen) atoms. The second-order valence-corrected chi connectivity index (χ2v) is 16.9. The first-order valence-corrected chi connectivity index (χ1v) is 22.7. The lowest BCUT2D eigenvalue weighted by Crippen LogP contribution is -2.11. The minimum absolute atomic E-state index is 1.07. The lowest BCUT2D eigenvalue weighted by atomic mass is 9.90. The average Bonchev–Trinajstić information content (AvgIpc) is 3.74. The predicted molar refractivity (Wildman–Crippen MR) is 280 cm³/mol. The Balaban J connectivity index is 1.05. The average molecular weight is 841 g/mol. The van der Waals surface area contributed by atoms with Crippen molar-refractivity contribution in [1.29, 1.82) is 0 Å². The highest BCUT2D eigenvalue weighted by Gasteiger charge is 2.22. The van der Waals surface area contributed by atoms with E-state index in [1.165, 1.54) is 77.1 Å². The number of benzene rings is 11. The monoisotopic (exact) mass is 840 g/mol. The number of hydrogen-bond acceptors (Lipinski definition) is 1.